The third-order valence-corrected chi connectivity index (χ3v) is 5.28. The molecular formula is C19H21N3O6S2. The molecule has 9 nitrogen and oxygen atoms in total. The molecule has 30 heavy (non-hydrogen) atoms. The lowest BCUT2D eigenvalue weighted by Crippen LogP contribution is -2.14. The van der Waals surface area contributed by atoms with E-state index in [1.807, 2.05) is 0 Å². The second-order valence-electron chi connectivity index (χ2n) is 5.93. The van der Waals surface area contributed by atoms with Gasteiger partial charge in [-0.1, -0.05) is 6.07 Å². The van der Waals surface area contributed by atoms with E-state index >= 15 is 0 Å². The molecule has 0 fully saturated rings. The monoisotopic (exact) mass is 451 g/mol. The number of nitrogens with zero attached hydrogens (tertiary/aromatic N) is 1. The summed E-state index contributed by atoms with van der Waals surface area (Å²) in [4.78, 5) is 50.8. The fourth-order valence-electron chi connectivity index (χ4n) is 2.22. The Balaban J connectivity index is 1.80. The molecule has 2 amide bonds. The van der Waals surface area contributed by atoms with Gasteiger partial charge in [0.2, 0.25) is 11.8 Å². The fourth-order valence-corrected chi connectivity index (χ4v) is 3.70. The Hall–Kier alpha value is -2.92. The number of esters is 1. The maximum Gasteiger partial charge on any atom is 0.311 e. The molecule has 0 spiro atoms. The molecule has 0 saturated carbocycles. The number of ether oxygens (including phenoxy) is 1. The summed E-state index contributed by atoms with van der Waals surface area (Å²) in [5.74, 6) is -1.92. The Labute approximate surface area is 181 Å². The van der Waals surface area contributed by atoms with E-state index in [9.17, 15) is 19.2 Å². The fraction of sp³-hybridized carbons (Fsp3) is 0.316. The molecule has 11 heteroatoms. The Morgan fingerprint density at radius 3 is 2.70 bits per heavy atom. The number of thiazole rings is 1. The first kappa shape index (κ1) is 23.4. The van der Waals surface area contributed by atoms with Crippen LogP contribution >= 0.6 is 23.1 Å². The molecule has 2 aromatic rings. The van der Waals surface area contributed by atoms with Gasteiger partial charge in [-0.2, -0.15) is 0 Å². The second kappa shape index (κ2) is 11.9. The Morgan fingerprint density at radius 1 is 1.17 bits per heavy atom. The van der Waals surface area contributed by atoms with Crippen LogP contribution in [0, 0.1) is 0 Å². The summed E-state index contributed by atoms with van der Waals surface area (Å²) in [6.07, 6.45) is -0.292. The van der Waals surface area contributed by atoms with Crippen LogP contribution in [0.3, 0.4) is 0 Å². The second-order valence-corrected chi connectivity index (χ2v) is 7.84. The van der Waals surface area contributed by atoms with Gasteiger partial charge < -0.3 is 20.5 Å². The lowest BCUT2D eigenvalue weighted by Gasteiger charge is -2.07. The van der Waals surface area contributed by atoms with Crippen molar-refractivity contribution < 1.29 is 29.0 Å². The SMILES string of the molecule is CCOC(=O)Cc1csc(NC(=O)CSc2cccc(NC(=O)CCC(=O)O)c2)n1. The van der Waals surface area contributed by atoms with Crippen molar-refractivity contribution in [2.24, 2.45) is 0 Å². The summed E-state index contributed by atoms with van der Waals surface area (Å²) < 4.78 is 4.86. The van der Waals surface area contributed by atoms with Gasteiger partial charge in [0.15, 0.2) is 5.13 Å². The zero-order chi connectivity index (χ0) is 21.9. The number of carbonyl (C=O) groups is 4. The molecule has 0 aliphatic rings. The van der Waals surface area contributed by atoms with Crippen molar-refractivity contribution in [2.45, 2.75) is 31.1 Å². The van der Waals surface area contributed by atoms with Crippen LogP contribution in [0.4, 0.5) is 10.8 Å². The molecule has 0 bridgehead atoms. The molecule has 0 aliphatic carbocycles. The van der Waals surface area contributed by atoms with E-state index in [1.54, 1.807) is 36.6 Å². The highest BCUT2D eigenvalue weighted by molar-refractivity contribution is 8.00. The zero-order valence-electron chi connectivity index (χ0n) is 16.2. The van der Waals surface area contributed by atoms with E-state index in [4.69, 9.17) is 9.84 Å². The normalized spacial score (nSPS) is 10.3. The first-order chi connectivity index (χ1) is 14.4. The minimum absolute atomic E-state index is 0.0555. The summed E-state index contributed by atoms with van der Waals surface area (Å²) in [7, 11) is 0. The first-order valence-electron chi connectivity index (χ1n) is 9.00. The number of carboxylic acid groups (broad SMARTS) is 1. The van der Waals surface area contributed by atoms with Crippen molar-refractivity contribution in [3.63, 3.8) is 0 Å². The van der Waals surface area contributed by atoms with Crippen LogP contribution in [0.2, 0.25) is 0 Å². The number of rotatable bonds is 11. The first-order valence-corrected chi connectivity index (χ1v) is 10.9. The van der Waals surface area contributed by atoms with E-state index < -0.39 is 5.97 Å². The van der Waals surface area contributed by atoms with E-state index in [2.05, 4.69) is 15.6 Å². The highest BCUT2D eigenvalue weighted by atomic mass is 32.2. The third-order valence-electron chi connectivity index (χ3n) is 3.48. The number of nitrogens with one attached hydrogen (secondary N) is 2. The molecule has 0 atom stereocenters. The average molecular weight is 452 g/mol. The van der Waals surface area contributed by atoms with Crippen molar-refractivity contribution >= 4 is 57.7 Å². The topological polar surface area (TPSA) is 135 Å². The van der Waals surface area contributed by atoms with E-state index in [1.165, 1.54) is 23.1 Å². The molecular weight excluding hydrogens is 430 g/mol. The summed E-state index contributed by atoms with van der Waals surface area (Å²) >= 11 is 2.50. The molecule has 1 aromatic carbocycles. The largest absolute Gasteiger partial charge is 0.481 e. The number of carboxylic acids is 1. The van der Waals surface area contributed by atoms with Gasteiger partial charge in [0.1, 0.15) is 0 Å². The molecule has 1 heterocycles. The molecule has 1 aromatic heterocycles. The van der Waals surface area contributed by atoms with Gasteiger partial charge in [0, 0.05) is 22.4 Å². The zero-order valence-corrected chi connectivity index (χ0v) is 17.8. The molecule has 0 aliphatic heterocycles. The van der Waals surface area contributed by atoms with Crippen LogP contribution in [-0.4, -0.2) is 46.2 Å². The van der Waals surface area contributed by atoms with Crippen LogP contribution in [-0.2, 0) is 30.3 Å². The van der Waals surface area contributed by atoms with Gasteiger partial charge in [-0.15, -0.1) is 23.1 Å². The van der Waals surface area contributed by atoms with Crippen molar-refractivity contribution in [1.82, 2.24) is 4.98 Å². The van der Waals surface area contributed by atoms with Crippen LogP contribution < -0.4 is 10.6 Å². The summed E-state index contributed by atoms with van der Waals surface area (Å²) in [5.41, 5.74) is 1.06. The van der Waals surface area contributed by atoms with Crippen LogP contribution in [0.1, 0.15) is 25.5 Å². The molecule has 160 valence electrons. The van der Waals surface area contributed by atoms with Gasteiger partial charge >= 0.3 is 11.9 Å². The number of amides is 2. The Bertz CT molecular complexity index is 915. The highest BCUT2D eigenvalue weighted by Gasteiger charge is 2.11. The van der Waals surface area contributed by atoms with Gasteiger partial charge in [0.25, 0.3) is 0 Å². The van der Waals surface area contributed by atoms with Gasteiger partial charge in [-0.05, 0) is 25.1 Å². The number of aromatic nitrogens is 1. The Morgan fingerprint density at radius 2 is 1.97 bits per heavy atom. The predicted octanol–water partition coefficient (Wildman–Crippen LogP) is 2.78. The standard InChI is InChI=1S/C19H21N3O6S2/c1-2-28-18(27)9-13-10-30-19(21-13)22-16(24)11-29-14-5-3-4-12(8-14)20-15(23)6-7-17(25)26/h3-5,8,10H,2,6-7,9,11H2,1H3,(H,20,23)(H,25,26)(H,21,22,24). The van der Waals surface area contributed by atoms with Gasteiger partial charge in [-0.3, -0.25) is 19.2 Å². The number of hydrogen-bond acceptors (Lipinski definition) is 8. The molecule has 0 saturated heterocycles. The van der Waals surface area contributed by atoms with Crippen molar-refractivity contribution in [3.8, 4) is 0 Å². The van der Waals surface area contributed by atoms with Gasteiger partial charge in [0.05, 0.1) is 30.9 Å². The molecule has 2 rings (SSSR count). The minimum Gasteiger partial charge on any atom is -0.481 e. The minimum atomic E-state index is -1.03. The predicted molar refractivity (Wildman–Crippen MR) is 114 cm³/mol. The maximum atomic E-state index is 12.1. The molecule has 3 N–H and O–H groups in total. The average Bonchev–Trinajstić information content (AvgIpc) is 3.12. The lowest BCUT2D eigenvalue weighted by molar-refractivity contribution is -0.142. The van der Waals surface area contributed by atoms with Crippen LogP contribution in [0.25, 0.3) is 0 Å². The number of thioether (sulfide) groups is 1. The van der Waals surface area contributed by atoms with Crippen molar-refractivity contribution in [3.05, 3.63) is 35.3 Å². The van der Waals surface area contributed by atoms with Crippen LogP contribution in [0.15, 0.2) is 34.5 Å². The van der Waals surface area contributed by atoms with Crippen LogP contribution in [0.5, 0.6) is 0 Å². The van der Waals surface area contributed by atoms with E-state index in [0.29, 0.717) is 23.1 Å². The smallest absolute Gasteiger partial charge is 0.311 e. The van der Waals surface area contributed by atoms with E-state index in [-0.39, 0.29) is 42.8 Å². The lowest BCUT2D eigenvalue weighted by atomic mass is 10.2. The third kappa shape index (κ3) is 8.62. The van der Waals surface area contributed by atoms with Gasteiger partial charge in [-0.25, -0.2) is 4.98 Å². The van der Waals surface area contributed by atoms with Crippen molar-refractivity contribution in [1.29, 1.82) is 0 Å². The maximum absolute atomic E-state index is 12.1. The van der Waals surface area contributed by atoms with Crippen molar-refractivity contribution in [2.75, 3.05) is 23.0 Å². The number of carbonyl (C=O) groups excluding carboxylic acids is 3. The summed E-state index contributed by atoms with van der Waals surface area (Å²) in [6, 6.07) is 6.92. The number of benzene rings is 1. The highest BCUT2D eigenvalue weighted by Crippen LogP contribution is 2.23. The van der Waals surface area contributed by atoms with E-state index in [0.717, 1.165) is 4.90 Å². The Kier molecular flexibility index (Phi) is 9.29. The molecule has 0 radical (unpaired) electrons. The number of hydrogen-bond donors (Lipinski definition) is 3. The number of anilines is 2. The number of aliphatic carboxylic acids is 1. The molecule has 0 unspecified atom stereocenters. The summed E-state index contributed by atoms with van der Waals surface area (Å²) in [5, 5.41) is 16.0. The quantitative estimate of drug-likeness (QED) is 0.351. The summed E-state index contributed by atoms with van der Waals surface area (Å²) in [6.45, 7) is 2.03.